The summed E-state index contributed by atoms with van der Waals surface area (Å²) in [6.45, 7) is 6.01. The number of hydrogen-bond acceptors (Lipinski definition) is 6. The molecular weight excluding hydrogens is 492 g/mol. The van der Waals surface area contributed by atoms with E-state index in [1.807, 2.05) is 67.7 Å². The zero-order valence-electron chi connectivity index (χ0n) is 22.7. The van der Waals surface area contributed by atoms with Crippen molar-refractivity contribution in [3.63, 3.8) is 0 Å². The van der Waals surface area contributed by atoms with E-state index >= 15 is 0 Å². The predicted molar refractivity (Wildman–Crippen MR) is 151 cm³/mol. The van der Waals surface area contributed by atoms with E-state index in [4.69, 9.17) is 5.73 Å². The number of hydrazone groups is 1. The first-order valence-electron chi connectivity index (χ1n) is 13.5. The van der Waals surface area contributed by atoms with Gasteiger partial charge in [-0.1, -0.05) is 48.5 Å². The molecule has 0 unspecified atom stereocenters. The van der Waals surface area contributed by atoms with Gasteiger partial charge in [0.25, 0.3) is 5.91 Å². The summed E-state index contributed by atoms with van der Waals surface area (Å²) < 4.78 is 0. The number of carbonyl (C=O) groups excluding carboxylic acids is 3. The summed E-state index contributed by atoms with van der Waals surface area (Å²) in [4.78, 5) is 44.9. The molecule has 9 heteroatoms. The number of carbonyl (C=O) groups is 3. The SMILES string of the molecule is CCN1N=C2CCN[C@H](C(=O)[C@@H](Cc3c[nH]c4ccccc34)NC(=O)C(C)(C)N)[C@@]2(Cc2ccccc2)C1=O. The summed E-state index contributed by atoms with van der Waals surface area (Å²) in [7, 11) is 0. The number of nitrogens with two attached hydrogens (primary N) is 1. The van der Waals surface area contributed by atoms with Crippen molar-refractivity contribution in [2.45, 2.75) is 57.7 Å². The molecule has 2 amide bonds. The highest BCUT2D eigenvalue weighted by molar-refractivity contribution is 6.18. The number of aromatic amines is 1. The minimum Gasteiger partial charge on any atom is -0.361 e. The van der Waals surface area contributed by atoms with Crippen molar-refractivity contribution in [1.29, 1.82) is 0 Å². The summed E-state index contributed by atoms with van der Waals surface area (Å²) in [6.07, 6.45) is 3.02. The van der Waals surface area contributed by atoms with Gasteiger partial charge in [-0.05, 0) is 44.4 Å². The maximum Gasteiger partial charge on any atom is 0.257 e. The number of para-hydroxylation sites is 1. The molecule has 0 aliphatic carbocycles. The highest BCUT2D eigenvalue weighted by atomic mass is 16.2. The molecule has 3 aromatic rings. The third kappa shape index (κ3) is 4.88. The molecule has 5 rings (SSSR count). The number of H-pyrrole nitrogens is 1. The lowest BCUT2D eigenvalue weighted by Gasteiger charge is -2.41. The third-order valence-corrected chi connectivity index (χ3v) is 7.82. The van der Waals surface area contributed by atoms with Gasteiger partial charge in [-0.15, -0.1) is 0 Å². The van der Waals surface area contributed by atoms with Crippen molar-refractivity contribution in [2.24, 2.45) is 16.3 Å². The second-order valence-electron chi connectivity index (χ2n) is 11.1. The van der Waals surface area contributed by atoms with Crippen LogP contribution in [-0.2, 0) is 27.2 Å². The van der Waals surface area contributed by atoms with Crippen LogP contribution in [0.2, 0.25) is 0 Å². The van der Waals surface area contributed by atoms with Crippen LogP contribution in [0.3, 0.4) is 0 Å². The highest BCUT2D eigenvalue weighted by Gasteiger charge is 2.60. The molecule has 0 radical (unpaired) electrons. The van der Waals surface area contributed by atoms with Crippen LogP contribution in [0.5, 0.6) is 0 Å². The van der Waals surface area contributed by atoms with Crippen LogP contribution >= 0.6 is 0 Å². The van der Waals surface area contributed by atoms with Gasteiger partial charge in [0.1, 0.15) is 5.41 Å². The zero-order chi connectivity index (χ0) is 27.8. The number of Topliss-reactive ketones (excluding diaryl/α,β-unsaturated/α-hetero) is 1. The van der Waals surface area contributed by atoms with E-state index < -0.39 is 28.9 Å². The summed E-state index contributed by atoms with van der Waals surface area (Å²) in [5.41, 5.74) is 7.26. The van der Waals surface area contributed by atoms with E-state index in [9.17, 15) is 14.4 Å². The molecule has 0 spiro atoms. The van der Waals surface area contributed by atoms with Gasteiger partial charge in [0.2, 0.25) is 5.91 Å². The number of nitrogens with one attached hydrogen (secondary N) is 3. The number of piperidine rings is 1. The van der Waals surface area contributed by atoms with Gasteiger partial charge < -0.3 is 21.4 Å². The Labute approximate surface area is 228 Å². The zero-order valence-corrected chi connectivity index (χ0v) is 22.7. The second-order valence-corrected chi connectivity index (χ2v) is 11.1. The minimum absolute atomic E-state index is 0.189. The van der Waals surface area contributed by atoms with E-state index in [-0.39, 0.29) is 18.1 Å². The lowest BCUT2D eigenvalue weighted by atomic mass is 9.66. The van der Waals surface area contributed by atoms with Crippen LogP contribution in [0, 0.1) is 5.41 Å². The number of aromatic nitrogens is 1. The molecule has 204 valence electrons. The van der Waals surface area contributed by atoms with Gasteiger partial charge >= 0.3 is 0 Å². The molecule has 5 N–H and O–H groups in total. The Hall–Kier alpha value is -3.82. The molecule has 3 atom stereocenters. The molecule has 3 heterocycles. The predicted octanol–water partition coefficient (Wildman–Crippen LogP) is 2.31. The number of amides is 2. The van der Waals surface area contributed by atoms with Crippen LogP contribution < -0.4 is 16.4 Å². The van der Waals surface area contributed by atoms with Gasteiger partial charge in [0, 0.05) is 43.0 Å². The largest absolute Gasteiger partial charge is 0.361 e. The first-order chi connectivity index (χ1) is 18.6. The molecule has 2 aliphatic rings. The van der Waals surface area contributed by atoms with Gasteiger partial charge in [-0.3, -0.25) is 14.4 Å². The average Bonchev–Trinajstić information content (AvgIpc) is 3.46. The second kappa shape index (κ2) is 10.4. The Balaban J connectivity index is 1.56. The molecule has 1 fully saturated rings. The van der Waals surface area contributed by atoms with Crippen LogP contribution in [0.25, 0.3) is 10.9 Å². The first kappa shape index (κ1) is 26.8. The van der Waals surface area contributed by atoms with Gasteiger partial charge in [-0.2, -0.15) is 5.10 Å². The monoisotopic (exact) mass is 528 g/mol. The molecule has 0 saturated carbocycles. The fraction of sp³-hybridized carbons (Fsp3) is 0.400. The van der Waals surface area contributed by atoms with Crippen LogP contribution in [-0.4, -0.2) is 64.0 Å². The lowest BCUT2D eigenvalue weighted by molar-refractivity contribution is -0.142. The Morgan fingerprint density at radius 3 is 2.62 bits per heavy atom. The maximum atomic E-state index is 14.5. The first-order valence-corrected chi connectivity index (χ1v) is 13.5. The lowest BCUT2D eigenvalue weighted by Crippen LogP contribution is -2.67. The van der Waals surface area contributed by atoms with Crippen molar-refractivity contribution in [3.05, 3.63) is 71.9 Å². The van der Waals surface area contributed by atoms with E-state index in [1.54, 1.807) is 13.8 Å². The Morgan fingerprint density at radius 1 is 1.18 bits per heavy atom. The van der Waals surface area contributed by atoms with Gasteiger partial charge in [0.15, 0.2) is 5.78 Å². The summed E-state index contributed by atoms with van der Waals surface area (Å²) in [6, 6.07) is 15.8. The summed E-state index contributed by atoms with van der Waals surface area (Å²) in [5, 5.41) is 13.4. The van der Waals surface area contributed by atoms with Gasteiger partial charge in [0.05, 0.1) is 23.3 Å². The number of nitrogens with zero attached hydrogens (tertiary/aromatic N) is 2. The molecular formula is C30H36N6O3. The summed E-state index contributed by atoms with van der Waals surface area (Å²) >= 11 is 0. The molecule has 0 bridgehead atoms. The number of fused-ring (bicyclic) bond motifs is 2. The van der Waals surface area contributed by atoms with Crippen LogP contribution in [0.4, 0.5) is 0 Å². The van der Waals surface area contributed by atoms with E-state index in [2.05, 4.69) is 20.7 Å². The molecule has 39 heavy (non-hydrogen) atoms. The number of benzene rings is 2. The molecule has 1 aromatic heterocycles. The minimum atomic E-state index is -1.19. The standard InChI is InChI=1S/C30H36N6O3/c1-4-36-28(39)30(17-19-10-6-5-7-11-19)24(35-36)14-15-32-26(30)25(37)23(34-27(38)29(2,3)31)16-20-18-33-22-13-9-8-12-21(20)22/h5-13,18,23,26,32-33H,4,14-17,31H2,1-3H3,(H,34,38)/t23-,26-,30+/m1/s1. The van der Waals surface area contributed by atoms with E-state index in [1.165, 1.54) is 5.01 Å². The number of hydrogen-bond donors (Lipinski definition) is 4. The van der Waals surface area contributed by atoms with Crippen LogP contribution in [0.15, 0.2) is 65.9 Å². The van der Waals surface area contributed by atoms with Crippen molar-refractivity contribution < 1.29 is 14.4 Å². The van der Waals surface area contributed by atoms with E-state index in [0.29, 0.717) is 31.6 Å². The Kier molecular flexibility index (Phi) is 7.13. The maximum absolute atomic E-state index is 14.5. The van der Waals surface area contributed by atoms with Crippen molar-refractivity contribution in [2.75, 3.05) is 13.1 Å². The average molecular weight is 529 g/mol. The molecule has 1 saturated heterocycles. The van der Waals surface area contributed by atoms with Crippen molar-refractivity contribution in [1.82, 2.24) is 20.6 Å². The third-order valence-electron chi connectivity index (χ3n) is 7.82. The molecule has 2 aromatic carbocycles. The van der Waals surface area contributed by atoms with Gasteiger partial charge in [-0.25, -0.2) is 5.01 Å². The van der Waals surface area contributed by atoms with E-state index in [0.717, 1.165) is 22.0 Å². The molecule has 2 aliphatic heterocycles. The van der Waals surface area contributed by atoms with Crippen LogP contribution in [0.1, 0.15) is 38.3 Å². The van der Waals surface area contributed by atoms with Crippen molar-refractivity contribution >= 4 is 34.2 Å². The van der Waals surface area contributed by atoms with Crippen molar-refractivity contribution in [3.8, 4) is 0 Å². The fourth-order valence-electron chi connectivity index (χ4n) is 5.75. The topological polar surface area (TPSA) is 133 Å². The Morgan fingerprint density at radius 2 is 1.90 bits per heavy atom. The summed E-state index contributed by atoms with van der Waals surface area (Å²) in [5.74, 6) is -0.881. The Bertz CT molecular complexity index is 1420. The molecule has 9 nitrogen and oxygen atoms in total. The fourth-order valence-corrected chi connectivity index (χ4v) is 5.75. The number of ketones is 1. The highest BCUT2D eigenvalue weighted by Crippen LogP contribution is 2.41. The normalized spacial score (nSPS) is 21.9. The quantitative estimate of drug-likeness (QED) is 0.338. The number of rotatable bonds is 9. The smallest absolute Gasteiger partial charge is 0.257 e.